The maximum Gasteiger partial charge on any atom is 0.283 e. The van der Waals surface area contributed by atoms with Crippen molar-refractivity contribution >= 4 is 69.6 Å². The van der Waals surface area contributed by atoms with Crippen LogP contribution in [-0.2, 0) is 9.59 Å². The molecule has 34 heavy (non-hydrogen) atoms. The summed E-state index contributed by atoms with van der Waals surface area (Å²) in [6, 6.07) is 14.9. The second kappa shape index (κ2) is 9.46. The fraction of sp³-hybridized carbons (Fsp3) is 0.0417. The monoisotopic (exact) mass is 517 g/mol. The van der Waals surface area contributed by atoms with Gasteiger partial charge >= 0.3 is 0 Å². The van der Waals surface area contributed by atoms with Gasteiger partial charge in [-0.05, 0) is 61.0 Å². The standard InChI is InChI=1S/C24H15Cl3FN3O3/c1-12-16(25)6-3-7-19(12)31-23(33)20(27)21(24(31)34)29-14-5-2-4-13(10-14)22(32)30-15-8-9-18(28)17(26)11-15/h2-11,29H,1H3,(H,30,32). The molecule has 10 heteroatoms. The van der Waals surface area contributed by atoms with Gasteiger partial charge in [0.2, 0.25) is 0 Å². The molecule has 172 valence electrons. The van der Waals surface area contributed by atoms with Gasteiger partial charge in [-0.2, -0.15) is 0 Å². The Hall–Kier alpha value is -3.39. The van der Waals surface area contributed by atoms with E-state index >= 15 is 0 Å². The summed E-state index contributed by atoms with van der Waals surface area (Å²) in [4.78, 5) is 39.4. The quantitative estimate of drug-likeness (QED) is 0.398. The van der Waals surface area contributed by atoms with Crippen LogP contribution in [0.2, 0.25) is 10.0 Å². The SMILES string of the molecule is Cc1c(Cl)cccc1N1C(=O)C(Cl)=C(Nc2cccc(C(=O)Nc3ccc(F)c(Cl)c3)c2)C1=O. The molecule has 0 unspecified atom stereocenters. The van der Waals surface area contributed by atoms with Crippen LogP contribution in [-0.4, -0.2) is 17.7 Å². The van der Waals surface area contributed by atoms with E-state index in [9.17, 15) is 18.8 Å². The summed E-state index contributed by atoms with van der Waals surface area (Å²) in [5.41, 5.74) is 1.64. The Morgan fingerprint density at radius 1 is 0.882 bits per heavy atom. The molecule has 3 aromatic rings. The van der Waals surface area contributed by atoms with E-state index in [1.165, 1.54) is 18.2 Å². The van der Waals surface area contributed by atoms with Gasteiger partial charge in [0.1, 0.15) is 16.5 Å². The number of carbonyl (C=O) groups excluding carboxylic acids is 3. The Morgan fingerprint density at radius 3 is 2.35 bits per heavy atom. The fourth-order valence-corrected chi connectivity index (χ4v) is 3.89. The zero-order valence-corrected chi connectivity index (χ0v) is 19.7. The lowest BCUT2D eigenvalue weighted by atomic mass is 10.1. The van der Waals surface area contributed by atoms with Crippen LogP contribution in [0.5, 0.6) is 0 Å². The van der Waals surface area contributed by atoms with Crippen molar-refractivity contribution in [2.75, 3.05) is 15.5 Å². The third-order valence-electron chi connectivity index (χ3n) is 5.08. The summed E-state index contributed by atoms with van der Waals surface area (Å²) < 4.78 is 13.3. The van der Waals surface area contributed by atoms with Gasteiger partial charge in [-0.3, -0.25) is 14.4 Å². The van der Waals surface area contributed by atoms with Crippen molar-refractivity contribution in [2.45, 2.75) is 6.92 Å². The summed E-state index contributed by atoms with van der Waals surface area (Å²) in [5.74, 6) is -2.44. The average molecular weight is 519 g/mol. The summed E-state index contributed by atoms with van der Waals surface area (Å²) in [7, 11) is 0. The van der Waals surface area contributed by atoms with E-state index in [0.29, 0.717) is 27.6 Å². The summed E-state index contributed by atoms with van der Waals surface area (Å²) in [5, 5.41) is 5.43. The van der Waals surface area contributed by atoms with Gasteiger partial charge in [-0.15, -0.1) is 0 Å². The highest BCUT2D eigenvalue weighted by Gasteiger charge is 2.39. The van der Waals surface area contributed by atoms with Crippen LogP contribution in [0.3, 0.4) is 0 Å². The van der Waals surface area contributed by atoms with Gasteiger partial charge in [0.25, 0.3) is 17.7 Å². The fourth-order valence-electron chi connectivity index (χ4n) is 3.33. The van der Waals surface area contributed by atoms with Gasteiger partial charge in [0, 0.05) is 22.0 Å². The lowest BCUT2D eigenvalue weighted by Crippen LogP contribution is -2.32. The van der Waals surface area contributed by atoms with E-state index < -0.39 is 23.5 Å². The number of hydrogen-bond acceptors (Lipinski definition) is 4. The molecule has 0 radical (unpaired) electrons. The maximum atomic E-state index is 13.3. The number of benzene rings is 3. The molecular weight excluding hydrogens is 504 g/mol. The molecule has 3 amide bonds. The molecule has 1 aliphatic rings. The van der Waals surface area contributed by atoms with E-state index in [1.807, 2.05) is 0 Å². The predicted molar refractivity (Wildman–Crippen MR) is 131 cm³/mol. The molecule has 0 saturated heterocycles. The van der Waals surface area contributed by atoms with Crippen molar-refractivity contribution < 1.29 is 18.8 Å². The molecule has 1 heterocycles. The van der Waals surface area contributed by atoms with Crippen molar-refractivity contribution in [2.24, 2.45) is 0 Å². The van der Waals surface area contributed by atoms with Crippen LogP contribution >= 0.6 is 34.8 Å². The average Bonchev–Trinajstić information content (AvgIpc) is 3.01. The molecule has 0 bridgehead atoms. The molecule has 0 atom stereocenters. The molecule has 3 aromatic carbocycles. The second-order valence-corrected chi connectivity index (χ2v) is 8.50. The number of rotatable bonds is 5. The lowest BCUT2D eigenvalue weighted by molar-refractivity contribution is -0.120. The molecule has 6 nitrogen and oxygen atoms in total. The highest BCUT2D eigenvalue weighted by molar-refractivity contribution is 6.53. The molecule has 4 rings (SSSR count). The molecule has 1 aliphatic heterocycles. The van der Waals surface area contributed by atoms with Crippen LogP contribution < -0.4 is 15.5 Å². The Morgan fingerprint density at radius 2 is 1.62 bits per heavy atom. The van der Waals surface area contributed by atoms with Crippen molar-refractivity contribution in [1.82, 2.24) is 0 Å². The predicted octanol–water partition coefficient (Wildman–Crippen LogP) is 6.13. The third-order valence-corrected chi connectivity index (χ3v) is 6.13. The van der Waals surface area contributed by atoms with Crippen molar-refractivity contribution in [3.63, 3.8) is 0 Å². The van der Waals surface area contributed by atoms with Gasteiger partial charge in [-0.25, -0.2) is 9.29 Å². The number of hydrogen-bond donors (Lipinski definition) is 2. The van der Waals surface area contributed by atoms with Gasteiger partial charge in [0.05, 0.1) is 10.7 Å². The molecule has 0 fully saturated rings. The number of nitrogens with one attached hydrogen (secondary N) is 2. The maximum absolute atomic E-state index is 13.3. The van der Waals surface area contributed by atoms with Gasteiger partial charge in [-0.1, -0.05) is 46.9 Å². The summed E-state index contributed by atoms with van der Waals surface area (Å²) in [6.45, 7) is 1.69. The zero-order chi connectivity index (χ0) is 24.6. The van der Waals surface area contributed by atoms with Crippen LogP contribution in [0, 0.1) is 12.7 Å². The number of nitrogens with zero attached hydrogens (tertiary/aromatic N) is 1. The molecule has 2 N–H and O–H groups in total. The van der Waals surface area contributed by atoms with Crippen LogP contribution in [0.15, 0.2) is 71.4 Å². The summed E-state index contributed by atoms with van der Waals surface area (Å²) >= 11 is 18.1. The van der Waals surface area contributed by atoms with E-state index in [-0.39, 0.29) is 21.3 Å². The van der Waals surface area contributed by atoms with Crippen molar-refractivity contribution in [3.8, 4) is 0 Å². The molecule has 0 aliphatic carbocycles. The minimum absolute atomic E-state index is 0.126. The Labute approximate surface area is 208 Å². The van der Waals surface area contributed by atoms with Gasteiger partial charge in [0.15, 0.2) is 0 Å². The van der Waals surface area contributed by atoms with Crippen LogP contribution in [0.4, 0.5) is 21.5 Å². The largest absolute Gasteiger partial charge is 0.350 e. The Kier molecular flexibility index (Phi) is 6.61. The Balaban J connectivity index is 1.56. The molecule has 0 saturated carbocycles. The Bertz CT molecular complexity index is 1390. The first-order valence-corrected chi connectivity index (χ1v) is 11.0. The molecule has 0 aromatic heterocycles. The summed E-state index contributed by atoms with van der Waals surface area (Å²) in [6.07, 6.45) is 0. The van der Waals surface area contributed by atoms with E-state index in [1.54, 1.807) is 43.3 Å². The number of carbonyl (C=O) groups is 3. The normalized spacial score (nSPS) is 13.5. The number of amides is 3. The smallest absolute Gasteiger partial charge is 0.283 e. The minimum atomic E-state index is -0.693. The number of halogens is 4. The third kappa shape index (κ3) is 4.50. The van der Waals surface area contributed by atoms with Crippen molar-refractivity contribution in [1.29, 1.82) is 0 Å². The first-order chi connectivity index (χ1) is 16.2. The first kappa shape index (κ1) is 23.8. The molecular formula is C24H15Cl3FN3O3. The van der Waals surface area contributed by atoms with E-state index in [0.717, 1.165) is 11.0 Å². The first-order valence-electron chi connectivity index (χ1n) is 9.84. The van der Waals surface area contributed by atoms with E-state index in [4.69, 9.17) is 34.8 Å². The highest BCUT2D eigenvalue weighted by atomic mass is 35.5. The van der Waals surface area contributed by atoms with Crippen LogP contribution in [0.1, 0.15) is 15.9 Å². The van der Waals surface area contributed by atoms with Crippen molar-refractivity contribution in [3.05, 3.63) is 98.4 Å². The lowest BCUT2D eigenvalue weighted by Gasteiger charge is -2.18. The minimum Gasteiger partial charge on any atom is -0.350 e. The topological polar surface area (TPSA) is 78.5 Å². The number of imide groups is 1. The second-order valence-electron chi connectivity index (χ2n) is 7.31. The molecule has 0 spiro atoms. The van der Waals surface area contributed by atoms with Gasteiger partial charge < -0.3 is 10.6 Å². The number of anilines is 3. The zero-order valence-electron chi connectivity index (χ0n) is 17.5. The van der Waals surface area contributed by atoms with Crippen LogP contribution in [0.25, 0.3) is 0 Å². The van der Waals surface area contributed by atoms with E-state index in [2.05, 4.69) is 10.6 Å². The highest BCUT2D eigenvalue weighted by Crippen LogP contribution is 2.34.